The first kappa shape index (κ1) is 16.4. The second kappa shape index (κ2) is 7.86. The van der Waals surface area contributed by atoms with Crippen molar-refractivity contribution in [3.63, 3.8) is 0 Å². The number of benzene rings is 2. The molecule has 1 saturated carbocycles. The normalized spacial score (nSPS) is 15.7. The number of carbonyl (C=O) groups is 1. The lowest BCUT2D eigenvalue weighted by atomic mass is 10.2. The summed E-state index contributed by atoms with van der Waals surface area (Å²) in [6.45, 7) is 1.74. The summed E-state index contributed by atoms with van der Waals surface area (Å²) in [5.74, 6) is 1.36. The quantitative estimate of drug-likeness (QED) is 0.855. The molecule has 126 valence electrons. The van der Waals surface area contributed by atoms with Gasteiger partial charge in [-0.15, -0.1) is 0 Å². The third kappa shape index (κ3) is 4.51. The average molecular weight is 325 g/mol. The summed E-state index contributed by atoms with van der Waals surface area (Å²) in [6, 6.07) is 16.8. The average Bonchev–Trinajstić information content (AvgIpc) is 3.10. The lowest BCUT2D eigenvalue weighted by Crippen LogP contribution is -2.30. The minimum atomic E-state index is -0.568. The number of hydrogen-bond donors (Lipinski definition) is 1. The van der Waals surface area contributed by atoms with Gasteiger partial charge in [0.05, 0.1) is 6.10 Å². The monoisotopic (exact) mass is 325 g/mol. The third-order valence-corrected chi connectivity index (χ3v) is 4.15. The lowest BCUT2D eigenvalue weighted by Gasteiger charge is -2.16. The fraction of sp³-hybridized carbons (Fsp3) is 0.350. The Bertz CT molecular complexity index is 648. The topological polar surface area (TPSA) is 47.6 Å². The van der Waals surface area contributed by atoms with Crippen LogP contribution in [0, 0.1) is 0 Å². The molecule has 1 amide bonds. The van der Waals surface area contributed by atoms with Crippen LogP contribution in [0.15, 0.2) is 54.6 Å². The van der Waals surface area contributed by atoms with E-state index in [-0.39, 0.29) is 5.91 Å². The molecule has 0 spiro atoms. The highest BCUT2D eigenvalue weighted by Crippen LogP contribution is 2.25. The smallest absolute Gasteiger partial charge is 0.265 e. The summed E-state index contributed by atoms with van der Waals surface area (Å²) in [4.78, 5) is 12.2. The predicted octanol–water partition coefficient (Wildman–Crippen LogP) is 4.41. The number of nitrogens with one attached hydrogen (secondary N) is 1. The number of anilines is 1. The van der Waals surface area contributed by atoms with Gasteiger partial charge in [-0.3, -0.25) is 4.79 Å². The van der Waals surface area contributed by atoms with Gasteiger partial charge in [0, 0.05) is 5.69 Å². The third-order valence-electron chi connectivity index (χ3n) is 4.15. The van der Waals surface area contributed by atoms with Crippen molar-refractivity contribution in [3.05, 3.63) is 54.6 Å². The van der Waals surface area contributed by atoms with Crippen molar-refractivity contribution in [3.8, 4) is 11.5 Å². The van der Waals surface area contributed by atoms with Gasteiger partial charge >= 0.3 is 0 Å². The van der Waals surface area contributed by atoms with Crippen molar-refractivity contribution >= 4 is 11.6 Å². The highest BCUT2D eigenvalue weighted by molar-refractivity contribution is 5.94. The van der Waals surface area contributed by atoms with Crippen molar-refractivity contribution in [2.24, 2.45) is 0 Å². The molecular weight excluding hydrogens is 302 g/mol. The molecule has 1 atom stereocenters. The van der Waals surface area contributed by atoms with E-state index >= 15 is 0 Å². The molecule has 3 rings (SSSR count). The number of para-hydroxylation sites is 1. The van der Waals surface area contributed by atoms with Crippen molar-refractivity contribution in [2.45, 2.75) is 44.8 Å². The molecule has 1 fully saturated rings. The Kier molecular flexibility index (Phi) is 5.36. The summed E-state index contributed by atoms with van der Waals surface area (Å²) in [5.41, 5.74) is 0.738. The van der Waals surface area contributed by atoms with E-state index in [9.17, 15) is 4.79 Å². The Hall–Kier alpha value is -2.49. The fourth-order valence-electron chi connectivity index (χ4n) is 2.82. The highest BCUT2D eigenvalue weighted by Gasteiger charge is 2.17. The number of rotatable bonds is 6. The van der Waals surface area contributed by atoms with Gasteiger partial charge in [0.15, 0.2) is 6.10 Å². The Morgan fingerprint density at radius 2 is 1.67 bits per heavy atom. The van der Waals surface area contributed by atoms with E-state index < -0.39 is 6.10 Å². The maximum absolute atomic E-state index is 12.2. The minimum Gasteiger partial charge on any atom is -0.490 e. The Morgan fingerprint density at radius 1 is 1.00 bits per heavy atom. The molecule has 1 N–H and O–H groups in total. The van der Waals surface area contributed by atoms with E-state index in [0.717, 1.165) is 24.3 Å². The maximum Gasteiger partial charge on any atom is 0.265 e. The van der Waals surface area contributed by atoms with Crippen LogP contribution in [0.1, 0.15) is 32.6 Å². The number of amides is 1. The first-order valence-corrected chi connectivity index (χ1v) is 8.50. The zero-order chi connectivity index (χ0) is 16.8. The molecule has 1 aliphatic carbocycles. The molecule has 0 unspecified atom stereocenters. The lowest BCUT2D eigenvalue weighted by molar-refractivity contribution is -0.122. The zero-order valence-electron chi connectivity index (χ0n) is 13.9. The van der Waals surface area contributed by atoms with Gasteiger partial charge in [0.1, 0.15) is 11.5 Å². The van der Waals surface area contributed by atoms with E-state index in [1.165, 1.54) is 12.8 Å². The molecule has 0 aromatic heterocycles. The standard InChI is InChI=1S/C20H23NO3/c1-15(23-17-7-3-2-4-8-17)20(22)21-16-11-13-19(14-12-16)24-18-9-5-6-10-18/h2-4,7-8,11-15,18H,5-6,9-10H2,1H3,(H,21,22)/t15-/m1/s1. The van der Waals surface area contributed by atoms with Crippen molar-refractivity contribution < 1.29 is 14.3 Å². The van der Waals surface area contributed by atoms with Crippen LogP contribution in [0.4, 0.5) is 5.69 Å². The molecule has 0 heterocycles. The van der Waals surface area contributed by atoms with Crippen LogP contribution in [0.25, 0.3) is 0 Å². The van der Waals surface area contributed by atoms with Gasteiger partial charge in [-0.1, -0.05) is 18.2 Å². The van der Waals surface area contributed by atoms with E-state index in [4.69, 9.17) is 9.47 Å². The van der Waals surface area contributed by atoms with Crippen LogP contribution in [0.2, 0.25) is 0 Å². The van der Waals surface area contributed by atoms with Gasteiger partial charge < -0.3 is 14.8 Å². The highest BCUT2D eigenvalue weighted by atomic mass is 16.5. The second-order valence-corrected chi connectivity index (χ2v) is 6.11. The largest absolute Gasteiger partial charge is 0.490 e. The van der Waals surface area contributed by atoms with Gasteiger partial charge in [-0.2, -0.15) is 0 Å². The summed E-state index contributed by atoms with van der Waals surface area (Å²) in [7, 11) is 0. The van der Waals surface area contributed by atoms with Crippen LogP contribution < -0.4 is 14.8 Å². The number of carbonyl (C=O) groups excluding carboxylic acids is 1. The summed E-state index contributed by atoms with van der Waals surface area (Å²) in [5, 5.41) is 2.86. The van der Waals surface area contributed by atoms with Crippen molar-refractivity contribution in [2.75, 3.05) is 5.32 Å². The first-order valence-electron chi connectivity index (χ1n) is 8.50. The van der Waals surface area contributed by atoms with E-state index in [2.05, 4.69) is 5.32 Å². The molecule has 2 aromatic rings. The Labute approximate surface area is 142 Å². The van der Waals surface area contributed by atoms with Crippen LogP contribution in [0.5, 0.6) is 11.5 Å². The molecule has 0 radical (unpaired) electrons. The van der Waals surface area contributed by atoms with Crippen molar-refractivity contribution in [1.29, 1.82) is 0 Å². The van der Waals surface area contributed by atoms with Crippen molar-refractivity contribution in [1.82, 2.24) is 0 Å². The van der Waals surface area contributed by atoms with Gasteiger partial charge in [0.2, 0.25) is 0 Å². The molecule has 4 nitrogen and oxygen atoms in total. The molecule has 0 saturated heterocycles. The van der Waals surface area contributed by atoms with E-state index in [1.54, 1.807) is 6.92 Å². The molecule has 0 aliphatic heterocycles. The maximum atomic E-state index is 12.2. The zero-order valence-corrected chi connectivity index (χ0v) is 13.9. The minimum absolute atomic E-state index is 0.177. The van der Waals surface area contributed by atoms with Crippen LogP contribution in [-0.2, 0) is 4.79 Å². The summed E-state index contributed by atoms with van der Waals surface area (Å²) in [6.07, 6.45) is 4.53. The molecule has 0 bridgehead atoms. The summed E-state index contributed by atoms with van der Waals surface area (Å²) < 4.78 is 11.5. The van der Waals surface area contributed by atoms with Gasteiger partial charge in [-0.05, 0) is 69.0 Å². The van der Waals surface area contributed by atoms with Gasteiger partial charge in [-0.25, -0.2) is 0 Å². The van der Waals surface area contributed by atoms with E-state index in [1.807, 2.05) is 54.6 Å². The molecule has 1 aliphatic rings. The predicted molar refractivity (Wildman–Crippen MR) is 94.5 cm³/mol. The number of ether oxygens (including phenoxy) is 2. The Balaban J connectivity index is 1.52. The first-order chi connectivity index (χ1) is 11.7. The summed E-state index contributed by atoms with van der Waals surface area (Å²) >= 11 is 0. The SMILES string of the molecule is C[C@@H](Oc1ccccc1)C(=O)Nc1ccc(OC2CCCC2)cc1. The molecular formula is C20H23NO3. The van der Waals surface area contributed by atoms with Crippen LogP contribution in [0.3, 0.4) is 0 Å². The Morgan fingerprint density at radius 3 is 2.33 bits per heavy atom. The molecule has 2 aromatic carbocycles. The van der Waals surface area contributed by atoms with Crippen LogP contribution in [-0.4, -0.2) is 18.1 Å². The number of hydrogen-bond acceptors (Lipinski definition) is 3. The molecule has 24 heavy (non-hydrogen) atoms. The van der Waals surface area contributed by atoms with Gasteiger partial charge in [0.25, 0.3) is 5.91 Å². The molecule has 4 heteroatoms. The van der Waals surface area contributed by atoms with E-state index in [0.29, 0.717) is 11.9 Å². The second-order valence-electron chi connectivity index (χ2n) is 6.11. The van der Waals surface area contributed by atoms with Crippen LogP contribution >= 0.6 is 0 Å². The fourth-order valence-corrected chi connectivity index (χ4v) is 2.82.